The van der Waals surface area contributed by atoms with E-state index in [1.165, 1.54) is 12.8 Å². The third-order valence-corrected chi connectivity index (χ3v) is 6.46. The van der Waals surface area contributed by atoms with Gasteiger partial charge < -0.3 is 9.88 Å². The van der Waals surface area contributed by atoms with Crippen LogP contribution in [0.2, 0.25) is 5.02 Å². The lowest BCUT2D eigenvalue weighted by atomic mass is 9.96. The number of nitrogens with one attached hydrogen (secondary N) is 1. The normalized spacial score (nSPS) is 15.2. The maximum absolute atomic E-state index is 9.33. The number of benzene rings is 1. The minimum absolute atomic E-state index is 0.0834. The Labute approximate surface area is 190 Å². The van der Waals surface area contributed by atoms with Crippen molar-refractivity contribution in [3.8, 4) is 17.3 Å². The van der Waals surface area contributed by atoms with E-state index in [0.717, 1.165) is 35.1 Å². The summed E-state index contributed by atoms with van der Waals surface area (Å²) >= 11 is 6.44. The smallest absolute Gasteiger partial charge is 0.227 e. The molecule has 3 heterocycles. The van der Waals surface area contributed by atoms with E-state index in [-0.39, 0.29) is 6.04 Å². The number of aromatic nitrogens is 6. The Hall–Kier alpha value is -3.44. The molecule has 0 saturated heterocycles. The summed E-state index contributed by atoms with van der Waals surface area (Å²) in [6.45, 7) is 0. The summed E-state index contributed by atoms with van der Waals surface area (Å²) < 4.78 is 3.88. The minimum Gasteiger partial charge on any atom is -0.334 e. The SMILES string of the molecule is Cn1cnc2ccc(Nc3ncc(Cl)c(-c4cnn([C@H](CC#N)C5CCCC5)c4)n3)cc21. The van der Waals surface area contributed by atoms with Crippen molar-refractivity contribution in [1.82, 2.24) is 29.3 Å². The van der Waals surface area contributed by atoms with Crippen LogP contribution in [-0.2, 0) is 7.05 Å². The van der Waals surface area contributed by atoms with Crippen molar-refractivity contribution in [2.24, 2.45) is 13.0 Å². The quantitative estimate of drug-likeness (QED) is 0.433. The van der Waals surface area contributed by atoms with E-state index in [9.17, 15) is 5.26 Å². The first-order chi connectivity index (χ1) is 15.6. The molecule has 9 heteroatoms. The van der Waals surface area contributed by atoms with Gasteiger partial charge in [0.2, 0.25) is 5.95 Å². The van der Waals surface area contributed by atoms with Crippen LogP contribution < -0.4 is 5.32 Å². The van der Waals surface area contributed by atoms with Gasteiger partial charge in [-0.25, -0.2) is 15.0 Å². The zero-order chi connectivity index (χ0) is 22.1. The monoisotopic (exact) mass is 446 g/mol. The third-order valence-electron chi connectivity index (χ3n) is 6.18. The van der Waals surface area contributed by atoms with Gasteiger partial charge in [0.05, 0.1) is 59.0 Å². The van der Waals surface area contributed by atoms with Crippen LogP contribution in [0.25, 0.3) is 22.3 Å². The maximum atomic E-state index is 9.33. The van der Waals surface area contributed by atoms with Crippen LogP contribution in [0.5, 0.6) is 0 Å². The standard InChI is InChI=1S/C23H23ClN8/c1-31-14-27-19-7-6-17(10-21(19)31)29-23-26-12-18(24)22(30-23)16-11-28-32(13-16)20(8-9-25)15-4-2-3-5-15/h6-7,10-15,20H,2-5,8H2,1H3,(H,26,29,30)/t20-/m1/s1. The Balaban J connectivity index is 1.42. The van der Waals surface area contributed by atoms with Crippen molar-refractivity contribution in [2.75, 3.05) is 5.32 Å². The van der Waals surface area contributed by atoms with Crippen LogP contribution in [0.4, 0.5) is 11.6 Å². The van der Waals surface area contributed by atoms with Crippen LogP contribution >= 0.6 is 11.6 Å². The molecule has 3 aromatic heterocycles. The molecule has 5 rings (SSSR count). The van der Waals surface area contributed by atoms with E-state index in [1.807, 2.05) is 40.7 Å². The van der Waals surface area contributed by atoms with Crippen molar-refractivity contribution < 1.29 is 0 Å². The van der Waals surface area contributed by atoms with Gasteiger partial charge in [0.25, 0.3) is 0 Å². The molecule has 1 N–H and O–H groups in total. The van der Waals surface area contributed by atoms with Crippen LogP contribution in [0.15, 0.2) is 43.1 Å². The fourth-order valence-corrected chi connectivity index (χ4v) is 4.72. The van der Waals surface area contributed by atoms with Crippen molar-refractivity contribution in [1.29, 1.82) is 5.26 Å². The van der Waals surface area contributed by atoms with Crippen molar-refractivity contribution in [2.45, 2.75) is 38.1 Å². The number of hydrogen-bond donors (Lipinski definition) is 1. The summed E-state index contributed by atoms with van der Waals surface area (Å²) in [6, 6.07) is 8.31. The zero-order valence-electron chi connectivity index (χ0n) is 17.7. The molecule has 1 aromatic carbocycles. The molecular formula is C23H23ClN8. The number of halogens is 1. The van der Waals surface area contributed by atoms with E-state index in [0.29, 0.717) is 29.0 Å². The Kier molecular flexibility index (Phi) is 5.50. The molecule has 1 atom stereocenters. The molecule has 0 bridgehead atoms. The van der Waals surface area contributed by atoms with Crippen molar-refractivity contribution in [3.05, 3.63) is 48.1 Å². The van der Waals surface area contributed by atoms with Gasteiger partial charge in [-0.2, -0.15) is 10.4 Å². The van der Waals surface area contributed by atoms with E-state index < -0.39 is 0 Å². The molecule has 0 amide bonds. The summed E-state index contributed by atoms with van der Waals surface area (Å²) in [5.74, 6) is 0.936. The van der Waals surface area contributed by atoms with Gasteiger partial charge in [-0.1, -0.05) is 24.4 Å². The Morgan fingerprint density at radius 2 is 2.09 bits per heavy atom. The summed E-state index contributed by atoms with van der Waals surface area (Å²) in [4.78, 5) is 13.3. The van der Waals surface area contributed by atoms with Gasteiger partial charge >= 0.3 is 0 Å². The molecule has 0 radical (unpaired) electrons. The highest BCUT2D eigenvalue weighted by Crippen LogP contribution is 2.37. The molecule has 1 saturated carbocycles. The molecule has 0 unspecified atom stereocenters. The first kappa shape index (κ1) is 20.5. The van der Waals surface area contributed by atoms with Crippen LogP contribution in [0.3, 0.4) is 0 Å². The number of rotatable bonds is 6. The van der Waals surface area contributed by atoms with Gasteiger partial charge in [-0.05, 0) is 37.0 Å². The van der Waals surface area contributed by atoms with Crippen LogP contribution in [0, 0.1) is 17.2 Å². The highest BCUT2D eigenvalue weighted by molar-refractivity contribution is 6.32. The van der Waals surface area contributed by atoms with Gasteiger partial charge in [0.1, 0.15) is 0 Å². The molecule has 0 aliphatic heterocycles. The number of imidazole rings is 1. The lowest BCUT2D eigenvalue weighted by molar-refractivity contribution is 0.315. The van der Waals surface area contributed by atoms with E-state index >= 15 is 0 Å². The first-order valence-electron chi connectivity index (χ1n) is 10.7. The zero-order valence-corrected chi connectivity index (χ0v) is 18.5. The molecule has 1 aliphatic carbocycles. The number of hydrogen-bond acceptors (Lipinski definition) is 6. The average Bonchev–Trinajstić information content (AvgIpc) is 3.56. The molecule has 32 heavy (non-hydrogen) atoms. The molecule has 1 fully saturated rings. The molecule has 162 valence electrons. The summed E-state index contributed by atoms with van der Waals surface area (Å²) in [7, 11) is 1.96. The Morgan fingerprint density at radius 3 is 2.91 bits per heavy atom. The van der Waals surface area contributed by atoms with Crippen LogP contribution in [-0.4, -0.2) is 29.3 Å². The fraction of sp³-hybridized carbons (Fsp3) is 0.348. The summed E-state index contributed by atoms with van der Waals surface area (Å²) in [6.07, 6.45) is 12.3. The molecule has 0 spiro atoms. The number of nitriles is 1. The van der Waals surface area contributed by atoms with E-state index in [4.69, 9.17) is 11.6 Å². The summed E-state index contributed by atoms with van der Waals surface area (Å²) in [5, 5.41) is 17.6. The second-order valence-corrected chi connectivity index (χ2v) is 8.66. The predicted molar refractivity (Wildman–Crippen MR) is 123 cm³/mol. The highest BCUT2D eigenvalue weighted by atomic mass is 35.5. The van der Waals surface area contributed by atoms with Crippen molar-refractivity contribution in [3.63, 3.8) is 0 Å². The Morgan fingerprint density at radius 1 is 1.25 bits per heavy atom. The third kappa shape index (κ3) is 3.92. The van der Waals surface area contributed by atoms with Gasteiger partial charge in [-0.3, -0.25) is 4.68 Å². The van der Waals surface area contributed by atoms with Gasteiger partial charge in [0.15, 0.2) is 0 Å². The maximum Gasteiger partial charge on any atom is 0.227 e. The number of anilines is 2. The van der Waals surface area contributed by atoms with Crippen LogP contribution in [0.1, 0.15) is 38.1 Å². The fourth-order valence-electron chi connectivity index (χ4n) is 4.52. The molecule has 4 aromatic rings. The van der Waals surface area contributed by atoms with Gasteiger partial charge in [-0.15, -0.1) is 0 Å². The minimum atomic E-state index is 0.0834. The topological polar surface area (TPSA) is 97.2 Å². The highest BCUT2D eigenvalue weighted by Gasteiger charge is 2.27. The predicted octanol–water partition coefficient (Wildman–Crippen LogP) is 5.27. The molecule has 8 nitrogen and oxygen atoms in total. The Bertz CT molecular complexity index is 1300. The molecule has 1 aliphatic rings. The second kappa shape index (κ2) is 8.60. The largest absolute Gasteiger partial charge is 0.334 e. The van der Waals surface area contributed by atoms with Crippen molar-refractivity contribution >= 4 is 34.3 Å². The van der Waals surface area contributed by atoms with E-state index in [2.05, 4.69) is 31.4 Å². The number of aryl methyl sites for hydroxylation is 1. The second-order valence-electron chi connectivity index (χ2n) is 8.26. The van der Waals surface area contributed by atoms with E-state index in [1.54, 1.807) is 18.7 Å². The first-order valence-corrected chi connectivity index (χ1v) is 11.1. The number of fused-ring (bicyclic) bond motifs is 1. The lowest BCUT2D eigenvalue weighted by Gasteiger charge is -2.21. The molecular weight excluding hydrogens is 424 g/mol. The van der Waals surface area contributed by atoms with Gasteiger partial charge in [0, 0.05) is 24.5 Å². The lowest BCUT2D eigenvalue weighted by Crippen LogP contribution is -2.17. The number of nitrogens with zero attached hydrogens (tertiary/aromatic N) is 7. The average molecular weight is 447 g/mol. The summed E-state index contributed by atoms with van der Waals surface area (Å²) in [5.41, 5.74) is 4.22.